The first-order valence-corrected chi connectivity index (χ1v) is 11.1. The highest BCUT2D eigenvalue weighted by atomic mass is 79.9. The first-order valence-electron chi connectivity index (χ1n) is 10.2. The van der Waals surface area contributed by atoms with E-state index in [9.17, 15) is 19.5 Å². The smallest absolute Gasteiger partial charge is 0.312 e. The molecule has 3 aliphatic rings. The molecule has 2 bridgehead atoms. The minimum Gasteiger partial charge on any atom is -0.497 e. The Morgan fingerprint density at radius 1 is 1.35 bits per heavy atom. The number of anilines is 1. The second-order valence-electron chi connectivity index (χ2n) is 7.89. The zero-order valence-corrected chi connectivity index (χ0v) is 18.8. The van der Waals surface area contributed by atoms with Crippen molar-refractivity contribution in [1.29, 1.82) is 0 Å². The number of hydrogen-bond acceptors (Lipinski definition) is 7. The van der Waals surface area contributed by atoms with Gasteiger partial charge in [0.1, 0.15) is 17.4 Å². The summed E-state index contributed by atoms with van der Waals surface area (Å²) >= 11 is 3.57. The molecule has 31 heavy (non-hydrogen) atoms. The third-order valence-corrected chi connectivity index (χ3v) is 7.14. The van der Waals surface area contributed by atoms with Gasteiger partial charge in [-0.3, -0.25) is 14.4 Å². The van der Waals surface area contributed by atoms with Crippen LogP contribution in [0.15, 0.2) is 24.3 Å². The normalized spacial score (nSPS) is 33.4. The van der Waals surface area contributed by atoms with Gasteiger partial charge in [0.05, 0.1) is 38.3 Å². The maximum absolute atomic E-state index is 13.4. The molecule has 0 radical (unpaired) electrons. The Hall–Kier alpha value is -2.17. The van der Waals surface area contributed by atoms with E-state index in [2.05, 4.69) is 21.2 Å². The number of likely N-dealkylation sites (tertiary alicyclic amines) is 1. The number of benzene rings is 1. The van der Waals surface area contributed by atoms with Gasteiger partial charge in [-0.2, -0.15) is 0 Å². The second kappa shape index (κ2) is 8.40. The highest BCUT2D eigenvalue weighted by Gasteiger charge is 2.76. The van der Waals surface area contributed by atoms with Crippen LogP contribution in [0.1, 0.15) is 13.3 Å². The summed E-state index contributed by atoms with van der Waals surface area (Å²) in [5.41, 5.74) is -0.633. The number of carbonyl (C=O) groups excluding carboxylic acids is 3. The van der Waals surface area contributed by atoms with E-state index in [0.717, 1.165) is 0 Å². The molecule has 3 saturated heterocycles. The zero-order valence-electron chi connectivity index (χ0n) is 17.2. The predicted molar refractivity (Wildman–Crippen MR) is 113 cm³/mol. The van der Waals surface area contributed by atoms with Crippen molar-refractivity contribution in [3.63, 3.8) is 0 Å². The Morgan fingerprint density at radius 3 is 2.68 bits per heavy atom. The van der Waals surface area contributed by atoms with Crippen LogP contribution in [-0.2, 0) is 23.9 Å². The maximum atomic E-state index is 13.4. The maximum Gasteiger partial charge on any atom is 0.312 e. The lowest BCUT2D eigenvalue weighted by Gasteiger charge is -2.33. The summed E-state index contributed by atoms with van der Waals surface area (Å²) < 4.78 is 16.6. The SMILES string of the molecule is CCOC(=O)[C@@H]1[C@H]2O[C@@]3(CC2Br)[C@H](C(=O)Nc2ccc(OC)cc2)N(CCO)C(=O)[C@@H]13. The first kappa shape index (κ1) is 22.0. The third-order valence-electron chi connectivity index (χ3n) is 6.29. The molecule has 2 N–H and O–H groups in total. The van der Waals surface area contributed by atoms with Gasteiger partial charge in [-0.1, -0.05) is 15.9 Å². The number of nitrogens with one attached hydrogen (secondary N) is 1. The van der Waals surface area contributed by atoms with Gasteiger partial charge >= 0.3 is 5.97 Å². The molecule has 1 unspecified atom stereocenters. The summed E-state index contributed by atoms with van der Waals surface area (Å²) in [6.07, 6.45) is -0.160. The van der Waals surface area contributed by atoms with Crippen molar-refractivity contribution in [2.24, 2.45) is 11.8 Å². The van der Waals surface area contributed by atoms with E-state index < -0.39 is 41.5 Å². The predicted octanol–water partition coefficient (Wildman–Crippen LogP) is 0.937. The van der Waals surface area contributed by atoms with E-state index in [0.29, 0.717) is 17.9 Å². The van der Waals surface area contributed by atoms with Gasteiger partial charge in [-0.05, 0) is 37.6 Å². The molecule has 168 valence electrons. The van der Waals surface area contributed by atoms with Crippen molar-refractivity contribution in [2.75, 3.05) is 32.2 Å². The van der Waals surface area contributed by atoms with Crippen molar-refractivity contribution in [3.05, 3.63) is 24.3 Å². The van der Waals surface area contributed by atoms with Crippen LogP contribution in [0.2, 0.25) is 0 Å². The molecule has 1 aromatic rings. The number of aliphatic hydroxyl groups excluding tert-OH is 1. The van der Waals surface area contributed by atoms with E-state index >= 15 is 0 Å². The summed E-state index contributed by atoms with van der Waals surface area (Å²) in [7, 11) is 1.55. The molecular weight excluding hydrogens is 472 g/mol. The van der Waals surface area contributed by atoms with Crippen molar-refractivity contribution < 1.29 is 33.7 Å². The van der Waals surface area contributed by atoms with Gasteiger partial charge in [0, 0.05) is 17.1 Å². The van der Waals surface area contributed by atoms with Gasteiger partial charge < -0.3 is 29.5 Å². The Morgan fingerprint density at radius 2 is 2.06 bits per heavy atom. The van der Waals surface area contributed by atoms with Crippen LogP contribution in [0.25, 0.3) is 0 Å². The number of hydrogen-bond donors (Lipinski definition) is 2. The molecule has 6 atom stereocenters. The van der Waals surface area contributed by atoms with Crippen LogP contribution in [0.4, 0.5) is 5.69 Å². The summed E-state index contributed by atoms with van der Waals surface area (Å²) in [6, 6.07) is 5.83. The molecule has 4 rings (SSSR count). The topological polar surface area (TPSA) is 114 Å². The highest BCUT2D eigenvalue weighted by molar-refractivity contribution is 9.09. The average molecular weight is 497 g/mol. The minimum atomic E-state index is -1.17. The second-order valence-corrected chi connectivity index (χ2v) is 9.06. The van der Waals surface area contributed by atoms with Crippen molar-refractivity contribution >= 4 is 39.4 Å². The van der Waals surface area contributed by atoms with E-state index in [1.165, 1.54) is 4.90 Å². The third kappa shape index (κ3) is 3.41. The number of β-amino-alcohol motifs (C(OH)–C–C–N with tert-alkyl or cyclic N) is 1. The van der Waals surface area contributed by atoms with Crippen molar-refractivity contribution in [3.8, 4) is 5.75 Å². The van der Waals surface area contributed by atoms with Crippen molar-refractivity contribution in [1.82, 2.24) is 4.90 Å². The summed E-state index contributed by atoms with van der Waals surface area (Å²) in [6.45, 7) is 1.54. The van der Waals surface area contributed by atoms with Crippen LogP contribution in [0.3, 0.4) is 0 Å². The molecule has 2 amide bonds. The molecule has 1 spiro atoms. The van der Waals surface area contributed by atoms with Gasteiger partial charge in [-0.25, -0.2) is 0 Å². The summed E-state index contributed by atoms with van der Waals surface area (Å²) in [5.74, 6) is -2.29. The first-order chi connectivity index (χ1) is 14.9. The van der Waals surface area contributed by atoms with Gasteiger partial charge in [0.25, 0.3) is 0 Å². The van der Waals surface area contributed by atoms with Crippen LogP contribution >= 0.6 is 15.9 Å². The lowest BCUT2D eigenvalue weighted by molar-refractivity contribution is -0.154. The Labute approximate surface area is 188 Å². The number of aliphatic hydroxyl groups is 1. The lowest BCUT2D eigenvalue weighted by Crippen LogP contribution is -2.54. The van der Waals surface area contributed by atoms with Crippen LogP contribution < -0.4 is 10.1 Å². The molecule has 3 fully saturated rings. The number of alkyl halides is 1. The largest absolute Gasteiger partial charge is 0.497 e. The Balaban J connectivity index is 1.68. The minimum absolute atomic E-state index is 0.0334. The van der Waals surface area contributed by atoms with Crippen molar-refractivity contribution in [2.45, 2.75) is 35.9 Å². The molecule has 0 aliphatic carbocycles. The van der Waals surface area contributed by atoms with Gasteiger partial charge in [0.15, 0.2) is 0 Å². The summed E-state index contributed by atoms with van der Waals surface area (Å²) in [4.78, 5) is 40.6. The van der Waals surface area contributed by atoms with Crippen LogP contribution in [0.5, 0.6) is 5.75 Å². The molecular formula is C21H25BrN2O7. The van der Waals surface area contributed by atoms with E-state index in [1.54, 1.807) is 38.3 Å². The number of amides is 2. The fourth-order valence-corrected chi connectivity index (χ4v) is 6.11. The standard InChI is InChI=1S/C21H25BrN2O7/c1-3-30-20(28)14-15-19(27)24(8-9-25)17(21(15)10-13(22)16(14)31-21)18(26)23-11-4-6-12(29-2)7-5-11/h4-7,13-17,25H,3,8-10H2,1-2H3,(H,23,26)/t13?,14-,15+,16-,17-,21+/m0/s1. The monoisotopic (exact) mass is 496 g/mol. The van der Waals surface area contributed by atoms with Gasteiger partial charge in [0.2, 0.25) is 11.8 Å². The fraction of sp³-hybridized carbons (Fsp3) is 0.571. The molecule has 3 aliphatic heterocycles. The quantitative estimate of drug-likeness (QED) is 0.426. The number of ether oxygens (including phenoxy) is 3. The molecule has 3 heterocycles. The van der Waals surface area contributed by atoms with Gasteiger partial charge in [-0.15, -0.1) is 0 Å². The fourth-order valence-electron chi connectivity index (χ4n) is 5.17. The average Bonchev–Trinajstić information content (AvgIpc) is 3.33. The highest BCUT2D eigenvalue weighted by Crippen LogP contribution is 2.60. The molecule has 0 saturated carbocycles. The number of methoxy groups -OCH3 is 1. The zero-order chi connectivity index (χ0) is 22.3. The van der Waals surface area contributed by atoms with Crippen LogP contribution in [0, 0.1) is 11.8 Å². The Kier molecular flexibility index (Phi) is 5.97. The van der Waals surface area contributed by atoms with Crippen LogP contribution in [-0.4, -0.2) is 77.2 Å². The Bertz CT molecular complexity index is 879. The van der Waals surface area contributed by atoms with E-state index in [-0.39, 0.29) is 30.5 Å². The molecule has 9 nitrogen and oxygen atoms in total. The number of fused-ring (bicyclic) bond motifs is 1. The lowest BCUT2D eigenvalue weighted by atomic mass is 9.70. The summed E-state index contributed by atoms with van der Waals surface area (Å²) in [5, 5.41) is 12.4. The number of halogens is 1. The number of carbonyl (C=O) groups is 3. The molecule has 0 aromatic heterocycles. The number of nitrogens with zero attached hydrogens (tertiary/aromatic N) is 1. The number of rotatable bonds is 7. The molecule has 10 heteroatoms. The number of esters is 1. The van der Waals surface area contributed by atoms with E-state index in [1.807, 2.05) is 0 Å². The molecule has 1 aromatic carbocycles. The van der Waals surface area contributed by atoms with E-state index in [4.69, 9.17) is 14.2 Å².